The zero-order chi connectivity index (χ0) is 19.6. The van der Waals surface area contributed by atoms with E-state index in [0.717, 1.165) is 12.5 Å². The van der Waals surface area contributed by atoms with Crippen LogP contribution in [0.2, 0.25) is 0 Å². The molecule has 0 bridgehead atoms. The van der Waals surface area contributed by atoms with E-state index in [1.54, 1.807) is 0 Å². The van der Waals surface area contributed by atoms with Gasteiger partial charge in [-0.25, -0.2) is 17.6 Å². The number of halogens is 4. The molecule has 0 aromatic heterocycles. The van der Waals surface area contributed by atoms with E-state index in [0.29, 0.717) is 11.6 Å². The molecule has 0 aliphatic carbocycles. The van der Waals surface area contributed by atoms with Gasteiger partial charge in [-0.05, 0) is 55.2 Å². The average Bonchev–Trinajstić information content (AvgIpc) is 2.58. The second kappa shape index (κ2) is 7.90. The van der Waals surface area contributed by atoms with E-state index < -0.39 is 34.5 Å². The lowest BCUT2D eigenvalue weighted by molar-refractivity contribution is 0.449. The van der Waals surface area contributed by atoms with E-state index in [1.165, 1.54) is 5.56 Å². The Kier molecular flexibility index (Phi) is 6.07. The smallest absolute Gasteiger partial charge is 0.189 e. The molecule has 0 saturated carbocycles. The van der Waals surface area contributed by atoms with Gasteiger partial charge >= 0.3 is 0 Å². The summed E-state index contributed by atoms with van der Waals surface area (Å²) in [7, 11) is 0. The van der Waals surface area contributed by atoms with Gasteiger partial charge in [0.25, 0.3) is 0 Å². The maximum absolute atomic E-state index is 13.8. The van der Waals surface area contributed by atoms with Gasteiger partial charge in [0.1, 0.15) is 5.69 Å². The summed E-state index contributed by atoms with van der Waals surface area (Å²) < 4.78 is 54.7. The fraction of sp³-hybridized carbons (Fsp3) is 0.278. The summed E-state index contributed by atoms with van der Waals surface area (Å²) in [5.74, 6) is -5.63. The monoisotopic (exact) mass is 385 g/mol. The third kappa shape index (κ3) is 4.07. The van der Waals surface area contributed by atoms with Crippen LogP contribution in [0.1, 0.15) is 36.5 Å². The SMILES string of the molecule is Cc1cc(NC(=S)NNc2c(F)c(F)c(C)c(F)c2F)ccc1C(C)C. The van der Waals surface area contributed by atoms with Crippen molar-refractivity contribution in [3.63, 3.8) is 0 Å². The highest BCUT2D eigenvalue weighted by atomic mass is 32.1. The lowest BCUT2D eigenvalue weighted by atomic mass is 9.98. The number of rotatable bonds is 4. The normalized spacial score (nSPS) is 10.8. The molecule has 0 spiro atoms. The molecule has 0 aliphatic heterocycles. The van der Waals surface area contributed by atoms with E-state index in [-0.39, 0.29) is 5.11 Å². The van der Waals surface area contributed by atoms with Gasteiger partial charge in [-0.15, -0.1) is 0 Å². The molecular formula is C18H19F4N3S. The first-order valence-electron chi connectivity index (χ1n) is 7.89. The minimum Gasteiger partial charge on any atom is -0.331 e. The number of hydrazine groups is 1. The van der Waals surface area contributed by atoms with Gasteiger partial charge in [-0.1, -0.05) is 19.9 Å². The summed E-state index contributed by atoms with van der Waals surface area (Å²) in [6.07, 6.45) is 0. The van der Waals surface area contributed by atoms with Crippen LogP contribution in [-0.4, -0.2) is 5.11 Å². The number of aryl methyl sites for hydroxylation is 1. The first-order chi connectivity index (χ1) is 12.1. The summed E-state index contributed by atoms with van der Waals surface area (Å²) in [5, 5.41) is 2.80. The molecular weight excluding hydrogens is 366 g/mol. The Balaban J connectivity index is 2.10. The third-order valence-electron chi connectivity index (χ3n) is 3.93. The molecule has 0 heterocycles. The highest BCUT2D eigenvalue weighted by Gasteiger charge is 2.23. The zero-order valence-electron chi connectivity index (χ0n) is 14.7. The van der Waals surface area contributed by atoms with Gasteiger partial charge < -0.3 is 5.32 Å². The number of nitrogens with one attached hydrogen (secondary N) is 3. The Morgan fingerprint density at radius 3 is 2.04 bits per heavy atom. The Morgan fingerprint density at radius 2 is 1.54 bits per heavy atom. The van der Waals surface area contributed by atoms with Crippen molar-refractivity contribution >= 4 is 28.7 Å². The number of hydrogen-bond donors (Lipinski definition) is 3. The van der Waals surface area contributed by atoms with Crippen LogP contribution in [0, 0.1) is 37.1 Å². The fourth-order valence-corrected chi connectivity index (χ4v) is 2.70. The first-order valence-corrected chi connectivity index (χ1v) is 8.30. The van der Waals surface area contributed by atoms with Crippen LogP contribution in [0.5, 0.6) is 0 Å². The summed E-state index contributed by atoms with van der Waals surface area (Å²) in [5.41, 5.74) is 5.57. The predicted molar refractivity (Wildman–Crippen MR) is 99.3 cm³/mol. The number of anilines is 2. The van der Waals surface area contributed by atoms with Crippen LogP contribution in [-0.2, 0) is 0 Å². The van der Waals surface area contributed by atoms with Gasteiger partial charge in [-0.3, -0.25) is 10.9 Å². The lowest BCUT2D eigenvalue weighted by Crippen LogP contribution is -2.34. The highest BCUT2D eigenvalue weighted by molar-refractivity contribution is 7.80. The molecule has 2 aromatic rings. The molecule has 2 aromatic carbocycles. The molecule has 2 rings (SSSR count). The van der Waals surface area contributed by atoms with E-state index in [2.05, 4.69) is 30.0 Å². The lowest BCUT2D eigenvalue weighted by Gasteiger charge is -2.16. The molecule has 0 radical (unpaired) electrons. The molecule has 0 aliphatic rings. The molecule has 8 heteroatoms. The maximum atomic E-state index is 13.8. The summed E-state index contributed by atoms with van der Waals surface area (Å²) in [6.45, 7) is 7.06. The standard InChI is InChI=1S/C18H19F4N3S/c1-8(2)12-6-5-11(7-9(12)3)23-18(26)25-24-17-15(21)13(19)10(4)14(20)16(17)22/h5-8,24H,1-4H3,(H2,23,25,26). The largest absolute Gasteiger partial charge is 0.331 e. The predicted octanol–water partition coefficient (Wildman–Crippen LogP) is 5.30. The molecule has 0 atom stereocenters. The summed E-state index contributed by atoms with van der Waals surface area (Å²) in [6, 6.07) is 5.63. The molecule has 3 N–H and O–H groups in total. The van der Waals surface area contributed by atoms with E-state index in [4.69, 9.17) is 12.2 Å². The van der Waals surface area contributed by atoms with Crippen molar-refractivity contribution in [3.05, 3.63) is 58.2 Å². The van der Waals surface area contributed by atoms with Crippen LogP contribution in [0.4, 0.5) is 28.9 Å². The van der Waals surface area contributed by atoms with E-state index in [9.17, 15) is 17.6 Å². The molecule has 0 amide bonds. The topological polar surface area (TPSA) is 36.1 Å². The molecule has 3 nitrogen and oxygen atoms in total. The highest BCUT2D eigenvalue weighted by Crippen LogP contribution is 2.27. The second-order valence-electron chi connectivity index (χ2n) is 6.19. The van der Waals surface area contributed by atoms with Crippen molar-refractivity contribution in [2.45, 2.75) is 33.6 Å². The van der Waals surface area contributed by atoms with Crippen LogP contribution in [0.3, 0.4) is 0 Å². The van der Waals surface area contributed by atoms with Crippen LogP contribution in [0.15, 0.2) is 18.2 Å². The third-order valence-corrected chi connectivity index (χ3v) is 4.14. The van der Waals surface area contributed by atoms with Crippen molar-refractivity contribution in [3.8, 4) is 0 Å². The average molecular weight is 385 g/mol. The Bertz CT molecular complexity index is 824. The molecule has 26 heavy (non-hydrogen) atoms. The Morgan fingerprint density at radius 1 is 0.962 bits per heavy atom. The van der Waals surface area contributed by atoms with Crippen LogP contribution in [0.25, 0.3) is 0 Å². The van der Waals surface area contributed by atoms with Crippen molar-refractivity contribution in [1.82, 2.24) is 5.43 Å². The number of hydrogen-bond acceptors (Lipinski definition) is 2. The number of thiocarbonyl (C=S) groups is 1. The van der Waals surface area contributed by atoms with Crippen molar-refractivity contribution in [2.75, 3.05) is 10.7 Å². The molecule has 0 fully saturated rings. The van der Waals surface area contributed by atoms with Gasteiger partial charge in [0, 0.05) is 11.3 Å². The van der Waals surface area contributed by atoms with E-state index >= 15 is 0 Å². The minimum atomic E-state index is -1.53. The van der Waals surface area contributed by atoms with Gasteiger partial charge in [-0.2, -0.15) is 0 Å². The molecule has 0 unspecified atom stereocenters. The Hall–Kier alpha value is -2.35. The first kappa shape index (κ1) is 20.0. The Labute approximate surface area is 154 Å². The summed E-state index contributed by atoms with van der Waals surface area (Å²) >= 11 is 5.02. The maximum Gasteiger partial charge on any atom is 0.189 e. The van der Waals surface area contributed by atoms with Gasteiger partial charge in [0.2, 0.25) is 0 Å². The summed E-state index contributed by atoms with van der Waals surface area (Å²) in [4.78, 5) is 0. The van der Waals surface area contributed by atoms with Gasteiger partial charge in [0.05, 0.1) is 0 Å². The van der Waals surface area contributed by atoms with Crippen molar-refractivity contribution in [2.24, 2.45) is 0 Å². The van der Waals surface area contributed by atoms with E-state index in [1.807, 2.05) is 25.1 Å². The second-order valence-corrected chi connectivity index (χ2v) is 6.59. The van der Waals surface area contributed by atoms with Crippen molar-refractivity contribution < 1.29 is 17.6 Å². The van der Waals surface area contributed by atoms with Gasteiger partial charge in [0.15, 0.2) is 28.4 Å². The number of benzene rings is 2. The molecule has 140 valence electrons. The van der Waals surface area contributed by atoms with Crippen LogP contribution < -0.4 is 16.2 Å². The minimum absolute atomic E-state index is 0.0260. The van der Waals surface area contributed by atoms with Crippen molar-refractivity contribution in [1.29, 1.82) is 0 Å². The molecule has 0 saturated heterocycles. The quantitative estimate of drug-likeness (QED) is 0.289. The van der Waals surface area contributed by atoms with Crippen LogP contribution >= 0.6 is 12.2 Å². The fourth-order valence-electron chi connectivity index (χ4n) is 2.53. The zero-order valence-corrected chi connectivity index (χ0v) is 15.5.